The zero-order valence-corrected chi connectivity index (χ0v) is 20.8. The first-order valence-corrected chi connectivity index (χ1v) is 12.4. The van der Waals surface area contributed by atoms with Crippen LogP contribution < -0.4 is 0 Å². The summed E-state index contributed by atoms with van der Waals surface area (Å²) < 4.78 is 13.1. The Morgan fingerprint density at radius 2 is 1.70 bits per heavy atom. The Kier molecular flexibility index (Phi) is 5.22. The number of carbonyl (C=O) groups is 1. The Labute approximate surface area is 184 Å². The first-order chi connectivity index (χ1) is 13.7. The number of rotatable bonds is 7. The predicted molar refractivity (Wildman–Crippen MR) is 120 cm³/mol. The van der Waals surface area contributed by atoms with Crippen molar-refractivity contribution in [2.75, 3.05) is 33.8 Å². The lowest BCUT2D eigenvalue weighted by Crippen LogP contribution is -2.48. The highest BCUT2D eigenvalue weighted by atomic mass is 16.5. The quantitative estimate of drug-likeness (QED) is 0.427. The van der Waals surface area contributed by atoms with Crippen molar-refractivity contribution in [3.05, 3.63) is 0 Å². The minimum Gasteiger partial charge on any atom is -0.458 e. The van der Waals surface area contributed by atoms with Crippen LogP contribution in [0.2, 0.25) is 0 Å². The molecule has 0 saturated heterocycles. The van der Waals surface area contributed by atoms with Gasteiger partial charge in [0.05, 0.1) is 26.8 Å². The van der Waals surface area contributed by atoms with Crippen molar-refractivity contribution >= 4 is 5.97 Å². The zero-order valence-electron chi connectivity index (χ0n) is 20.8. The second-order valence-electron chi connectivity index (χ2n) is 13.4. The molecule has 0 aromatic rings. The van der Waals surface area contributed by atoms with E-state index in [0.717, 1.165) is 25.5 Å². The minimum atomic E-state index is -0.0371. The van der Waals surface area contributed by atoms with Gasteiger partial charge in [0.25, 0.3) is 0 Å². The van der Waals surface area contributed by atoms with Gasteiger partial charge < -0.3 is 14.0 Å². The summed E-state index contributed by atoms with van der Waals surface area (Å²) in [6, 6.07) is 0. The molecule has 0 aromatic heterocycles. The van der Waals surface area contributed by atoms with Gasteiger partial charge >= 0.3 is 5.97 Å². The molecule has 4 bridgehead atoms. The summed E-state index contributed by atoms with van der Waals surface area (Å²) in [5.41, 5.74) is 1.29. The Bertz CT molecular complexity index is 696. The van der Waals surface area contributed by atoms with Crippen molar-refractivity contribution in [2.24, 2.45) is 33.5 Å². The summed E-state index contributed by atoms with van der Waals surface area (Å²) in [7, 11) is 4.26. The smallest absolute Gasteiger partial charge is 0.362 e. The highest BCUT2D eigenvalue weighted by Crippen LogP contribution is 2.67. The van der Waals surface area contributed by atoms with Crippen LogP contribution in [-0.4, -0.2) is 56.5 Å². The van der Waals surface area contributed by atoms with E-state index in [4.69, 9.17) is 9.47 Å². The average molecular weight is 421 g/mol. The van der Waals surface area contributed by atoms with E-state index in [1.807, 2.05) is 0 Å². The number of likely N-dealkylation sites (N-methyl/N-ethyl adjacent to an activating group) is 1. The van der Waals surface area contributed by atoms with Gasteiger partial charge in [0.2, 0.25) is 0 Å². The second kappa shape index (κ2) is 6.94. The largest absolute Gasteiger partial charge is 0.458 e. The number of ether oxygens (including phenoxy) is 2. The molecule has 4 aliphatic rings. The highest BCUT2D eigenvalue weighted by Gasteiger charge is 2.63. The molecule has 4 nitrogen and oxygen atoms in total. The zero-order chi connectivity index (χ0) is 22.2. The van der Waals surface area contributed by atoms with E-state index in [0.29, 0.717) is 39.3 Å². The normalized spacial score (nSPS) is 43.3. The summed E-state index contributed by atoms with van der Waals surface area (Å²) in [5, 5.41) is 0. The standard InChI is InChI=1S/C26H46NO3/c1-23(2)18-9-12-26(23,6)21(15-18)29-14-13-27(7,8)17-22(28)30-20-16-25(5)11-10-19(20)24(25,3)4/h18-21H,9-17H2,1-8H3/q+1/t18-,19+,20-,21+,25+,26-/m0/s1. The topological polar surface area (TPSA) is 35.5 Å². The molecule has 4 saturated carbocycles. The maximum absolute atomic E-state index is 12.8. The van der Waals surface area contributed by atoms with E-state index in [9.17, 15) is 4.79 Å². The van der Waals surface area contributed by atoms with E-state index in [1.54, 1.807) is 0 Å². The van der Waals surface area contributed by atoms with Crippen molar-refractivity contribution in [1.82, 2.24) is 0 Å². The third-order valence-electron chi connectivity index (χ3n) is 11.2. The van der Waals surface area contributed by atoms with Crippen molar-refractivity contribution in [3.63, 3.8) is 0 Å². The van der Waals surface area contributed by atoms with Crippen LogP contribution in [-0.2, 0) is 14.3 Å². The Balaban J connectivity index is 1.25. The molecule has 4 fully saturated rings. The van der Waals surface area contributed by atoms with Gasteiger partial charge in [-0.2, -0.15) is 0 Å². The van der Waals surface area contributed by atoms with Gasteiger partial charge in [0.1, 0.15) is 12.6 Å². The molecule has 0 N–H and O–H groups in total. The molecular weight excluding hydrogens is 374 g/mol. The first kappa shape index (κ1) is 22.6. The van der Waals surface area contributed by atoms with Gasteiger partial charge in [0.15, 0.2) is 6.54 Å². The maximum atomic E-state index is 12.8. The Hall–Kier alpha value is -0.610. The minimum absolute atomic E-state index is 0.0371. The number of nitrogens with zero attached hydrogens (tertiary/aromatic N) is 1. The molecule has 30 heavy (non-hydrogen) atoms. The third kappa shape index (κ3) is 3.27. The van der Waals surface area contributed by atoms with E-state index in [1.165, 1.54) is 32.1 Å². The van der Waals surface area contributed by atoms with Gasteiger partial charge in [-0.25, -0.2) is 4.79 Å². The molecule has 0 aromatic carbocycles. The summed E-state index contributed by atoms with van der Waals surface area (Å²) in [6.07, 6.45) is 7.84. The molecule has 0 unspecified atom stereocenters. The van der Waals surface area contributed by atoms with Crippen molar-refractivity contribution in [3.8, 4) is 0 Å². The summed E-state index contributed by atoms with van der Waals surface area (Å²) in [6.45, 7) is 16.4. The molecule has 0 heterocycles. The summed E-state index contributed by atoms with van der Waals surface area (Å²) in [5.74, 6) is 1.29. The molecule has 6 atom stereocenters. The number of esters is 1. The van der Waals surface area contributed by atoms with Crippen molar-refractivity contribution in [2.45, 2.75) is 92.3 Å². The Morgan fingerprint density at radius 3 is 2.20 bits per heavy atom. The highest BCUT2D eigenvalue weighted by molar-refractivity contribution is 5.71. The van der Waals surface area contributed by atoms with Gasteiger partial charge in [-0.05, 0) is 66.1 Å². The van der Waals surface area contributed by atoms with Crippen LogP contribution in [0.4, 0.5) is 0 Å². The molecule has 0 aliphatic heterocycles. The number of hydrogen-bond acceptors (Lipinski definition) is 3. The lowest BCUT2D eigenvalue weighted by molar-refractivity contribution is -0.883. The monoisotopic (exact) mass is 420 g/mol. The number of fused-ring (bicyclic) bond motifs is 4. The van der Waals surface area contributed by atoms with Gasteiger partial charge in [-0.15, -0.1) is 0 Å². The van der Waals surface area contributed by atoms with Crippen molar-refractivity contribution < 1.29 is 18.8 Å². The van der Waals surface area contributed by atoms with Crippen LogP contribution in [0.5, 0.6) is 0 Å². The Morgan fingerprint density at radius 1 is 1.00 bits per heavy atom. The third-order valence-corrected chi connectivity index (χ3v) is 11.2. The molecule has 4 heteroatoms. The lowest BCUT2D eigenvalue weighted by Gasteiger charge is -2.39. The van der Waals surface area contributed by atoms with Gasteiger partial charge in [-0.3, -0.25) is 0 Å². The van der Waals surface area contributed by atoms with Gasteiger partial charge in [-0.1, -0.05) is 41.5 Å². The molecule has 4 aliphatic carbocycles. The van der Waals surface area contributed by atoms with Crippen molar-refractivity contribution in [1.29, 1.82) is 0 Å². The van der Waals surface area contributed by atoms with E-state index >= 15 is 0 Å². The summed E-state index contributed by atoms with van der Waals surface area (Å²) >= 11 is 0. The van der Waals surface area contributed by atoms with Crippen LogP contribution in [0.1, 0.15) is 80.1 Å². The first-order valence-electron chi connectivity index (χ1n) is 12.4. The predicted octanol–water partition coefficient (Wildman–Crippen LogP) is 5.05. The van der Waals surface area contributed by atoms with E-state index < -0.39 is 0 Å². The number of quaternary nitrogens is 1. The van der Waals surface area contributed by atoms with Gasteiger partial charge in [0, 0.05) is 5.92 Å². The molecule has 172 valence electrons. The molecule has 0 spiro atoms. The fourth-order valence-electron chi connectivity index (χ4n) is 7.79. The molecule has 0 amide bonds. The van der Waals surface area contributed by atoms with E-state index in [2.05, 4.69) is 55.6 Å². The number of hydrogen-bond donors (Lipinski definition) is 0. The van der Waals surface area contributed by atoms with Crippen LogP contribution in [0.3, 0.4) is 0 Å². The fraction of sp³-hybridized carbons (Fsp3) is 0.962. The van der Waals surface area contributed by atoms with Crippen LogP contribution in [0.15, 0.2) is 0 Å². The van der Waals surface area contributed by atoms with E-state index in [-0.39, 0.29) is 17.5 Å². The average Bonchev–Trinajstić information content (AvgIpc) is 3.11. The molecular formula is C26H46NO3+. The molecule has 0 radical (unpaired) electrons. The fourth-order valence-corrected chi connectivity index (χ4v) is 7.79. The maximum Gasteiger partial charge on any atom is 0.362 e. The summed E-state index contributed by atoms with van der Waals surface area (Å²) in [4.78, 5) is 12.8. The molecule has 4 rings (SSSR count). The number of carbonyl (C=O) groups excluding carboxylic acids is 1. The second-order valence-corrected chi connectivity index (χ2v) is 13.4. The SMILES string of the molecule is CC1(C)[C@@H]2CC[C@]1(C)C[C@@H]2OC(=O)C[N+](C)(C)CCO[C@@H]1C[C@@H]2CC[C@]1(C)C2(C)C. The van der Waals surface area contributed by atoms with Crippen LogP contribution in [0, 0.1) is 33.5 Å². The van der Waals surface area contributed by atoms with Crippen LogP contribution in [0.25, 0.3) is 0 Å². The lowest BCUT2D eigenvalue weighted by atomic mass is 9.70. The van der Waals surface area contributed by atoms with Crippen LogP contribution >= 0.6 is 0 Å².